The molecule has 0 aromatic heterocycles. The molecule has 0 unspecified atom stereocenters. The number of hydrogen-bond donors (Lipinski definition) is 0. The van der Waals surface area contributed by atoms with Crippen molar-refractivity contribution in [3.8, 4) is 11.5 Å². The number of esters is 1. The van der Waals surface area contributed by atoms with Crippen molar-refractivity contribution in [1.82, 2.24) is 0 Å². The lowest BCUT2D eigenvalue weighted by molar-refractivity contribution is 0.0374. The fourth-order valence-corrected chi connectivity index (χ4v) is 1.92. The van der Waals surface area contributed by atoms with Gasteiger partial charge in [-0.1, -0.05) is 0 Å². The number of methoxy groups -OCH3 is 2. The Balaban J connectivity index is 3.19. The average Bonchev–Trinajstić information content (AvgIpc) is 2.26. The van der Waals surface area contributed by atoms with Crippen LogP contribution < -0.4 is 9.47 Å². The van der Waals surface area contributed by atoms with Crippen LogP contribution in [0.25, 0.3) is 0 Å². The topological polar surface area (TPSA) is 44.8 Å². The maximum atomic E-state index is 11.9. The first-order valence-corrected chi connectivity index (χ1v) is 5.91. The SMILES string of the molecule is COc1cc(Br)c(OC)c(C(=O)OC(C)C)c1. The van der Waals surface area contributed by atoms with Gasteiger partial charge in [0, 0.05) is 0 Å². The minimum atomic E-state index is -0.434. The summed E-state index contributed by atoms with van der Waals surface area (Å²) >= 11 is 3.32. The van der Waals surface area contributed by atoms with Crippen LogP contribution in [0.5, 0.6) is 11.5 Å². The zero-order chi connectivity index (χ0) is 13.0. The maximum Gasteiger partial charge on any atom is 0.342 e. The molecule has 0 aliphatic carbocycles. The molecule has 0 bridgehead atoms. The Morgan fingerprint density at radius 1 is 1.24 bits per heavy atom. The lowest BCUT2D eigenvalue weighted by Crippen LogP contribution is -2.13. The first-order valence-electron chi connectivity index (χ1n) is 5.12. The molecule has 4 nitrogen and oxygen atoms in total. The average molecular weight is 303 g/mol. The molecular weight excluding hydrogens is 288 g/mol. The Bertz CT molecular complexity index is 415. The molecule has 0 aliphatic heterocycles. The Labute approximate surface area is 109 Å². The molecule has 0 amide bonds. The molecule has 0 saturated heterocycles. The Hall–Kier alpha value is -1.23. The molecule has 0 fully saturated rings. The van der Waals surface area contributed by atoms with Gasteiger partial charge in [0.2, 0.25) is 0 Å². The van der Waals surface area contributed by atoms with Crippen molar-refractivity contribution in [2.75, 3.05) is 14.2 Å². The largest absolute Gasteiger partial charge is 0.497 e. The van der Waals surface area contributed by atoms with Gasteiger partial charge in [-0.2, -0.15) is 0 Å². The van der Waals surface area contributed by atoms with Gasteiger partial charge in [-0.3, -0.25) is 0 Å². The standard InChI is InChI=1S/C12H15BrO4/c1-7(2)17-12(14)9-5-8(15-3)6-10(13)11(9)16-4/h5-7H,1-4H3. The lowest BCUT2D eigenvalue weighted by atomic mass is 10.2. The fraction of sp³-hybridized carbons (Fsp3) is 0.417. The molecule has 0 aliphatic rings. The van der Waals surface area contributed by atoms with Crippen LogP contribution in [0.15, 0.2) is 16.6 Å². The molecule has 0 heterocycles. The van der Waals surface area contributed by atoms with Crippen molar-refractivity contribution in [3.63, 3.8) is 0 Å². The molecule has 0 atom stereocenters. The highest BCUT2D eigenvalue weighted by Crippen LogP contribution is 2.34. The van der Waals surface area contributed by atoms with E-state index in [1.807, 2.05) is 0 Å². The molecular formula is C12H15BrO4. The Morgan fingerprint density at radius 3 is 2.35 bits per heavy atom. The maximum absolute atomic E-state index is 11.9. The van der Waals surface area contributed by atoms with Crippen molar-refractivity contribution in [1.29, 1.82) is 0 Å². The van der Waals surface area contributed by atoms with Crippen LogP contribution in [0.2, 0.25) is 0 Å². The molecule has 0 spiro atoms. The molecule has 17 heavy (non-hydrogen) atoms. The number of carbonyl (C=O) groups is 1. The van der Waals surface area contributed by atoms with E-state index in [1.54, 1.807) is 26.0 Å². The van der Waals surface area contributed by atoms with Gasteiger partial charge in [0.15, 0.2) is 0 Å². The van der Waals surface area contributed by atoms with Gasteiger partial charge in [-0.15, -0.1) is 0 Å². The summed E-state index contributed by atoms with van der Waals surface area (Å²) in [5, 5.41) is 0. The summed E-state index contributed by atoms with van der Waals surface area (Å²) in [5.74, 6) is 0.571. The van der Waals surface area contributed by atoms with Crippen molar-refractivity contribution in [3.05, 3.63) is 22.2 Å². The third kappa shape index (κ3) is 3.36. The van der Waals surface area contributed by atoms with Gasteiger partial charge in [0.05, 0.1) is 24.8 Å². The third-order valence-electron chi connectivity index (χ3n) is 2.02. The van der Waals surface area contributed by atoms with Crippen molar-refractivity contribution < 1.29 is 19.0 Å². The number of rotatable bonds is 4. The molecule has 1 rings (SSSR count). The molecule has 0 saturated carbocycles. The van der Waals surface area contributed by atoms with E-state index in [0.29, 0.717) is 21.5 Å². The van der Waals surface area contributed by atoms with Gasteiger partial charge in [0.1, 0.15) is 17.1 Å². The van der Waals surface area contributed by atoms with Crippen LogP contribution in [0.4, 0.5) is 0 Å². The van der Waals surface area contributed by atoms with Crippen LogP contribution in [-0.4, -0.2) is 26.3 Å². The highest BCUT2D eigenvalue weighted by Gasteiger charge is 2.19. The van der Waals surface area contributed by atoms with E-state index in [2.05, 4.69) is 15.9 Å². The summed E-state index contributed by atoms with van der Waals surface area (Å²) in [7, 11) is 3.03. The first kappa shape index (κ1) is 13.8. The summed E-state index contributed by atoms with van der Waals surface area (Å²) in [4.78, 5) is 11.9. The smallest absolute Gasteiger partial charge is 0.342 e. The minimum Gasteiger partial charge on any atom is -0.497 e. The first-order chi connectivity index (χ1) is 7.99. The van der Waals surface area contributed by atoms with Gasteiger partial charge in [-0.05, 0) is 41.9 Å². The van der Waals surface area contributed by atoms with E-state index in [9.17, 15) is 4.79 Å². The second-order valence-electron chi connectivity index (χ2n) is 3.64. The van der Waals surface area contributed by atoms with E-state index in [-0.39, 0.29) is 6.10 Å². The summed E-state index contributed by atoms with van der Waals surface area (Å²) in [6, 6.07) is 3.32. The quantitative estimate of drug-likeness (QED) is 0.802. The van der Waals surface area contributed by atoms with Crippen LogP contribution in [-0.2, 0) is 4.74 Å². The Morgan fingerprint density at radius 2 is 1.88 bits per heavy atom. The van der Waals surface area contributed by atoms with E-state index >= 15 is 0 Å². The fourth-order valence-electron chi connectivity index (χ4n) is 1.32. The van der Waals surface area contributed by atoms with Gasteiger partial charge in [0.25, 0.3) is 0 Å². The van der Waals surface area contributed by atoms with Crippen LogP contribution in [0, 0.1) is 0 Å². The molecule has 1 aromatic carbocycles. The number of ether oxygens (including phenoxy) is 3. The second kappa shape index (κ2) is 5.91. The molecule has 1 aromatic rings. The molecule has 94 valence electrons. The van der Waals surface area contributed by atoms with Crippen molar-refractivity contribution in [2.45, 2.75) is 20.0 Å². The van der Waals surface area contributed by atoms with Crippen LogP contribution in [0.3, 0.4) is 0 Å². The summed E-state index contributed by atoms with van der Waals surface area (Å²) in [6.07, 6.45) is -0.183. The highest BCUT2D eigenvalue weighted by atomic mass is 79.9. The van der Waals surface area contributed by atoms with Gasteiger partial charge >= 0.3 is 5.97 Å². The summed E-state index contributed by atoms with van der Waals surface area (Å²) in [6.45, 7) is 3.58. The predicted octanol–water partition coefficient (Wildman–Crippen LogP) is 3.03. The highest BCUT2D eigenvalue weighted by molar-refractivity contribution is 9.10. The third-order valence-corrected chi connectivity index (χ3v) is 2.61. The predicted molar refractivity (Wildman–Crippen MR) is 67.8 cm³/mol. The second-order valence-corrected chi connectivity index (χ2v) is 4.50. The number of hydrogen-bond acceptors (Lipinski definition) is 4. The van der Waals surface area contributed by atoms with Crippen LogP contribution in [0.1, 0.15) is 24.2 Å². The van der Waals surface area contributed by atoms with E-state index in [4.69, 9.17) is 14.2 Å². The Kier molecular flexibility index (Phi) is 4.81. The number of carbonyl (C=O) groups excluding carboxylic acids is 1. The van der Waals surface area contributed by atoms with E-state index in [0.717, 1.165) is 0 Å². The summed E-state index contributed by atoms with van der Waals surface area (Å²) in [5.41, 5.74) is 0.340. The number of halogens is 1. The molecule has 0 radical (unpaired) electrons. The zero-order valence-electron chi connectivity index (χ0n) is 10.2. The lowest BCUT2D eigenvalue weighted by Gasteiger charge is -2.13. The zero-order valence-corrected chi connectivity index (χ0v) is 11.8. The minimum absolute atomic E-state index is 0.183. The normalized spacial score (nSPS) is 10.2. The molecule has 5 heteroatoms. The monoisotopic (exact) mass is 302 g/mol. The molecule has 0 N–H and O–H groups in total. The van der Waals surface area contributed by atoms with Crippen molar-refractivity contribution in [2.24, 2.45) is 0 Å². The van der Waals surface area contributed by atoms with Crippen LogP contribution >= 0.6 is 15.9 Å². The van der Waals surface area contributed by atoms with Gasteiger partial charge < -0.3 is 14.2 Å². The van der Waals surface area contributed by atoms with E-state index in [1.165, 1.54) is 14.2 Å². The van der Waals surface area contributed by atoms with Gasteiger partial charge in [-0.25, -0.2) is 4.79 Å². The van der Waals surface area contributed by atoms with E-state index < -0.39 is 5.97 Å². The van der Waals surface area contributed by atoms with Crippen molar-refractivity contribution >= 4 is 21.9 Å². The number of benzene rings is 1. The summed E-state index contributed by atoms with van der Waals surface area (Å²) < 4.78 is 16.1.